The summed E-state index contributed by atoms with van der Waals surface area (Å²) >= 11 is 0. The van der Waals surface area contributed by atoms with E-state index in [1.54, 1.807) is 37.3 Å². The standard InChI is InChI=1S/C26H34O8/c1-14-12-13-18(29)25(6)22(33-23(30)17-10-8-7-9-11-17)20(31-15(2)27)19-21(32-16(3)28)26(14,25)34-24(19,4)5/h7-11,14,18-22,29H,12-13H2,1-6H3. The number of hydrogen-bond acceptors (Lipinski definition) is 8. The summed E-state index contributed by atoms with van der Waals surface area (Å²) in [6, 6.07) is 8.53. The quantitative estimate of drug-likeness (QED) is 0.524. The molecule has 0 radical (unpaired) electrons. The van der Waals surface area contributed by atoms with Gasteiger partial charge in [0.1, 0.15) is 17.8 Å². The Labute approximate surface area is 199 Å². The Bertz CT molecular complexity index is 974. The van der Waals surface area contributed by atoms with Crippen LogP contribution in [0.2, 0.25) is 0 Å². The van der Waals surface area contributed by atoms with Crippen molar-refractivity contribution in [2.24, 2.45) is 17.3 Å². The van der Waals surface area contributed by atoms with E-state index >= 15 is 0 Å². The molecule has 8 nitrogen and oxygen atoms in total. The summed E-state index contributed by atoms with van der Waals surface area (Å²) in [7, 11) is 0. The van der Waals surface area contributed by atoms with Crippen LogP contribution in [0.15, 0.2) is 30.3 Å². The monoisotopic (exact) mass is 474 g/mol. The highest BCUT2D eigenvalue weighted by atomic mass is 16.6. The lowest BCUT2D eigenvalue weighted by molar-refractivity contribution is -0.297. The van der Waals surface area contributed by atoms with Crippen molar-refractivity contribution in [3.8, 4) is 0 Å². The van der Waals surface area contributed by atoms with Gasteiger partial charge in [0.15, 0.2) is 6.10 Å². The minimum atomic E-state index is -1.22. The van der Waals surface area contributed by atoms with Crippen LogP contribution < -0.4 is 0 Å². The molecule has 1 aromatic carbocycles. The summed E-state index contributed by atoms with van der Waals surface area (Å²) in [5.74, 6) is -2.40. The lowest BCUT2D eigenvalue weighted by Gasteiger charge is -2.62. The number of aliphatic hydroxyl groups excluding tert-OH is 1. The van der Waals surface area contributed by atoms with E-state index in [0.717, 1.165) is 0 Å². The van der Waals surface area contributed by atoms with Gasteiger partial charge >= 0.3 is 17.9 Å². The van der Waals surface area contributed by atoms with E-state index in [9.17, 15) is 19.5 Å². The first kappa shape index (κ1) is 24.7. The Balaban J connectivity index is 1.92. The number of ether oxygens (including phenoxy) is 4. The first-order valence-corrected chi connectivity index (χ1v) is 11.8. The van der Waals surface area contributed by atoms with Gasteiger partial charge in [0, 0.05) is 13.8 Å². The highest BCUT2D eigenvalue weighted by molar-refractivity contribution is 5.89. The van der Waals surface area contributed by atoms with Gasteiger partial charge in [-0.05, 0) is 44.7 Å². The van der Waals surface area contributed by atoms with Gasteiger partial charge in [-0.25, -0.2) is 4.79 Å². The topological polar surface area (TPSA) is 108 Å². The smallest absolute Gasteiger partial charge is 0.338 e. The number of aliphatic hydroxyl groups is 1. The summed E-state index contributed by atoms with van der Waals surface area (Å²) in [6.45, 7) is 10.1. The van der Waals surface area contributed by atoms with E-state index in [0.29, 0.717) is 18.4 Å². The molecule has 0 amide bonds. The molecule has 8 atom stereocenters. The van der Waals surface area contributed by atoms with Crippen LogP contribution in [-0.4, -0.2) is 58.6 Å². The van der Waals surface area contributed by atoms with Gasteiger partial charge in [0.2, 0.25) is 0 Å². The zero-order valence-corrected chi connectivity index (χ0v) is 20.6. The van der Waals surface area contributed by atoms with Crippen LogP contribution in [0.3, 0.4) is 0 Å². The molecule has 3 aliphatic rings. The van der Waals surface area contributed by atoms with Crippen molar-refractivity contribution in [2.75, 3.05) is 0 Å². The average Bonchev–Trinajstić information content (AvgIpc) is 2.95. The van der Waals surface area contributed by atoms with E-state index in [1.165, 1.54) is 13.8 Å². The Morgan fingerprint density at radius 1 is 0.941 bits per heavy atom. The second-order valence-corrected chi connectivity index (χ2v) is 10.6. The first-order valence-electron chi connectivity index (χ1n) is 11.8. The van der Waals surface area contributed by atoms with Crippen LogP contribution in [0.4, 0.5) is 0 Å². The molecule has 0 aromatic heterocycles. The van der Waals surface area contributed by atoms with Gasteiger partial charge in [-0.15, -0.1) is 0 Å². The minimum Gasteiger partial charge on any atom is -0.459 e. The van der Waals surface area contributed by atoms with E-state index in [1.807, 2.05) is 20.8 Å². The maximum absolute atomic E-state index is 13.2. The zero-order valence-electron chi connectivity index (χ0n) is 20.6. The third-order valence-electron chi connectivity index (χ3n) is 8.20. The second-order valence-electron chi connectivity index (χ2n) is 10.6. The van der Waals surface area contributed by atoms with Gasteiger partial charge in [0.05, 0.1) is 28.6 Å². The highest BCUT2D eigenvalue weighted by Crippen LogP contribution is 2.67. The Morgan fingerprint density at radius 3 is 2.15 bits per heavy atom. The molecule has 2 bridgehead atoms. The summed E-state index contributed by atoms with van der Waals surface area (Å²) in [5.41, 5.74) is -2.93. The second kappa shape index (κ2) is 8.34. The van der Waals surface area contributed by atoms with Crippen molar-refractivity contribution in [1.82, 2.24) is 0 Å². The van der Waals surface area contributed by atoms with Crippen LogP contribution in [0, 0.1) is 17.3 Å². The van der Waals surface area contributed by atoms with Crippen molar-refractivity contribution in [3.63, 3.8) is 0 Å². The van der Waals surface area contributed by atoms with E-state index < -0.39 is 64.9 Å². The fourth-order valence-electron chi connectivity index (χ4n) is 6.83. The average molecular weight is 475 g/mol. The summed E-state index contributed by atoms with van der Waals surface area (Å²) in [4.78, 5) is 37.7. The molecule has 34 heavy (non-hydrogen) atoms. The lowest BCUT2D eigenvalue weighted by atomic mass is 9.48. The third-order valence-corrected chi connectivity index (χ3v) is 8.20. The van der Waals surface area contributed by atoms with Crippen LogP contribution in [0.5, 0.6) is 0 Å². The number of carbonyl (C=O) groups is 3. The van der Waals surface area contributed by atoms with Crippen LogP contribution >= 0.6 is 0 Å². The summed E-state index contributed by atoms with van der Waals surface area (Å²) in [5, 5.41) is 11.5. The number of hydrogen-bond donors (Lipinski definition) is 1. The number of esters is 3. The molecule has 2 aliphatic carbocycles. The molecule has 1 heterocycles. The molecule has 1 spiro atoms. The van der Waals surface area contributed by atoms with Gasteiger partial charge in [-0.1, -0.05) is 32.0 Å². The zero-order chi connectivity index (χ0) is 25.1. The summed E-state index contributed by atoms with van der Waals surface area (Å²) < 4.78 is 24.6. The van der Waals surface area contributed by atoms with E-state index in [-0.39, 0.29) is 5.92 Å². The van der Waals surface area contributed by atoms with Crippen molar-refractivity contribution in [1.29, 1.82) is 0 Å². The molecule has 1 N–H and O–H groups in total. The van der Waals surface area contributed by atoms with Crippen molar-refractivity contribution in [2.45, 2.75) is 90.0 Å². The van der Waals surface area contributed by atoms with E-state index in [4.69, 9.17) is 18.9 Å². The van der Waals surface area contributed by atoms with Gasteiger partial charge in [-0.3, -0.25) is 9.59 Å². The first-order chi connectivity index (χ1) is 15.9. The minimum absolute atomic E-state index is 0.134. The maximum Gasteiger partial charge on any atom is 0.338 e. The molecule has 8 unspecified atom stereocenters. The van der Waals surface area contributed by atoms with Crippen LogP contribution in [-0.2, 0) is 28.5 Å². The van der Waals surface area contributed by atoms with Gasteiger partial charge < -0.3 is 24.1 Å². The normalized spacial score (nSPS) is 40.1. The van der Waals surface area contributed by atoms with Crippen molar-refractivity contribution < 1.29 is 38.4 Å². The molecular weight excluding hydrogens is 440 g/mol. The van der Waals surface area contributed by atoms with Crippen LogP contribution in [0.25, 0.3) is 0 Å². The van der Waals surface area contributed by atoms with Gasteiger partial charge in [-0.2, -0.15) is 0 Å². The Hall–Kier alpha value is -2.45. The molecule has 1 saturated heterocycles. The molecular formula is C26H34O8. The number of rotatable bonds is 4. The van der Waals surface area contributed by atoms with Crippen molar-refractivity contribution in [3.05, 3.63) is 35.9 Å². The Morgan fingerprint density at radius 2 is 1.56 bits per heavy atom. The number of benzene rings is 1. The van der Waals surface area contributed by atoms with Crippen molar-refractivity contribution >= 4 is 17.9 Å². The largest absolute Gasteiger partial charge is 0.459 e. The lowest BCUT2D eigenvalue weighted by Crippen LogP contribution is -2.76. The fraction of sp³-hybridized carbons (Fsp3) is 0.654. The SMILES string of the molecule is CC(=O)OC1C2C(OC(C)=O)C3(OC2(C)C)C(C)CCC(O)C3(C)C1OC(=O)c1ccccc1. The maximum atomic E-state index is 13.2. The highest BCUT2D eigenvalue weighted by Gasteiger charge is 2.81. The number of fused-ring (bicyclic) bond motifs is 1. The molecule has 8 heteroatoms. The van der Waals surface area contributed by atoms with E-state index in [2.05, 4.69) is 0 Å². The third kappa shape index (κ3) is 3.45. The molecule has 1 aromatic rings. The Kier molecular flexibility index (Phi) is 6.05. The van der Waals surface area contributed by atoms with Gasteiger partial charge in [0.25, 0.3) is 0 Å². The number of carbonyl (C=O) groups excluding carboxylic acids is 3. The summed E-state index contributed by atoms with van der Waals surface area (Å²) in [6.07, 6.45) is -2.71. The fourth-order valence-corrected chi connectivity index (χ4v) is 6.83. The molecule has 1 aliphatic heterocycles. The molecule has 186 valence electrons. The molecule has 4 rings (SSSR count). The predicted molar refractivity (Wildman–Crippen MR) is 121 cm³/mol. The predicted octanol–water partition coefficient (Wildman–Crippen LogP) is 3.05. The molecule has 3 fully saturated rings. The molecule has 2 saturated carbocycles. The van der Waals surface area contributed by atoms with Crippen LogP contribution in [0.1, 0.15) is 64.7 Å².